The third-order valence-electron chi connectivity index (χ3n) is 6.02. The number of halogens is 1. The summed E-state index contributed by atoms with van der Waals surface area (Å²) in [6.45, 7) is 1.29. The first-order valence-electron chi connectivity index (χ1n) is 11.5. The molecule has 0 aliphatic carbocycles. The second-order valence-electron chi connectivity index (χ2n) is 8.36. The van der Waals surface area contributed by atoms with Crippen LogP contribution in [0.4, 0.5) is 0 Å². The average molecular weight is 505 g/mol. The van der Waals surface area contributed by atoms with Gasteiger partial charge in [0.1, 0.15) is 5.75 Å². The minimum absolute atomic E-state index is 0.131. The number of methoxy groups -OCH3 is 2. The van der Waals surface area contributed by atoms with E-state index in [2.05, 4.69) is 0 Å². The summed E-state index contributed by atoms with van der Waals surface area (Å²) in [7, 11) is 3.20. The van der Waals surface area contributed by atoms with Crippen LogP contribution in [0.2, 0.25) is 5.02 Å². The Morgan fingerprint density at radius 3 is 2.61 bits per heavy atom. The molecule has 36 heavy (non-hydrogen) atoms. The molecule has 5 rings (SSSR count). The molecule has 0 fully saturated rings. The van der Waals surface area contributed by atoms with Crippen LogP contribution in [0.1, 0.15) is 15.9 Å². The number of carbonyl (C=O) groups excluding carboxylic acids is 1. The van der Waals surface area contributed by atoms with Gasteiger partial charge in [-0.2, -0.15) is 0 Å². The Labute approximate surface area is 214 Å². The van der Waals surface area contributed by atoms with Crippen molar-refractivity contribution in [1.82, 2.24) is 9.88 Å². The molecule has 0 N–H and O–H groups in total. The van der Waals surface area contributed by atoms with Crippen molar-refractivity contribution in [2.24, 2.45) is 0 Å². The van der Waals surface area contributed by atoms with Crippen LogP contribution in [0.5, 0.6) is 17.2 Å². The van der Waals surface area contributed by atoms with E-state index in [9.17, 15) is 4.79 Å². The summed E-state index contributed by atoms with van der Waals surface area (Å²) >= 11 is 6.32. The molecule has 0 unspecified atom stereocenters. The van der Waals surface area contributed by atoms with Gasteiger partial charge in [-0.3, -0.25) is 4.79 Å². The number of pyridine rings is 1. The van der Waals surface area contributed by atoms with Crippen molar-refractivity contribution in [3.05, 3.63) is 82.9 Å². The fourth-order valence-electron chi connectivity index (χ4n) is 4.21. The molecule has 2 heterocycles. The third kappa shape index (κ3) is 4.94. The van der Waals surface area contributed by atoms with E-state index in [4.69, 9.17) is 35.5 Å². The monoisotopic (exact) mass is 504 g/mol. The van der Waals surface area contributed by atoms with Gasteiger partial charge in [0.25, 0.3) is 5.91 Å². The minimum Gasteiger partial charge on any atom is -0.497 e. The zero-order valence-electron chi connectivity index (χ0n) is 20.0. The van der Waals surface area contributed by atoms with Crippen molar-refractivity contribution in [2.45, 2.75) is 6.54 Å². The maximum atomic E-state index is 13.6. The van der Waals surface area contributed by atoms with Crippen molar-refractivity contribution >= 4 is 28.4 Å². The van der Waals surface area contributed by atoms with Crippen LogP contribution >= 0.6 is 11.6 Å². The first-order chi connectivity index (χ1) is 17.6. The molecule has 0 saturated carbocycles. The van der Waals surface area contributed by atoms with Gasteiger partial charge in [-0.1, -0.05) is 29.8 Å². The lowest BCUT2D eigenvalue weighted by atomic mass is 10.0. The largest absolute Gasteiger partial charge is 0.497 e. The second kappa shape index (κ2) is 10.4. The Bertz CT molecular complexity index is 1420. The molecule has 3 aromatic carbocycles. The van der Waals surface area contributed by atoms with E-state index in [-0.39, 0.29) is 12.7 Å². The molecule has 184 valence electrons. The maximum Gasteiger partial charge on any atom is 0.254 e. The number of fused-ring (bicyclic) bond motifs is 2. The average Bonchev–Trinajstić information content (AvgIpc) is 3.36. The van der Waals surface area contributed by atoms with Gasteiger partial charge in [-0.05, 0) is 48.0 Å². The van der Waals surface area contributed by atoms with Gasteiger partial charge in [0.2, 0.25) is 6.79 Å². The molecule has 8 heteroatoms. The molecule has 0 saturated heterocycles. The van der Waals surface area contributed by atoms with Crippen molar-refractivity contribution < 1.29 is 23.7 Å². The van der Waals surface area contributed by atoms with Crippen LogP contribution in [-0.2, 0) is 11.3 Å². The smallest absolute Gasteiger partial charge is 0.254 e. The molecule has 1 amide bonds. The van der Waals surface area contributed by atoms with Crippen LogP contribution in [0.25, 0.3) is 22.2 Å². The molecule has 1 aliphatic heterocycles. The zero-order valence-corrected chi connectivity index (χ0v) is 20.7. The van der Waals surface area contributed by atoms with E-state index >= 15 is 0 Å². The standard InChI is InChI=1S/C28H25ClN2O5/c1-33-10-9-31(28(32)19-6-4-8-23(13-19)34-2)16-21-11-20-14-25-26(36-17-35-25)15-24(20)30-27(21)18-5-3-7-22(29)12-18/h3-8,11-15H,9-10,16-17H2,1-2H3. The number of aromatic nitrogens is 1. The van der Waals surface area contributed by atoms with Crippen LogP contribution in [-0.4, -0.2) is 50.0 Å². The molecule has 1 aliphatic rings. The van der Waals surface area contributed by atoms with E-state index in [0.717, 1.165) is 27.7 Å². The normalized spacial score (nSPS) is 12.1. The van der Waals surface area contributed by atoms with Gasteiger partial charge in [0.05, 0.1) is 24.9 Å². The summed E-state index contributed by atoms with van der Waals surface area (Å²) in [6.07, 6.45) is 0. The van der Waals surface area contributed by atoms with Crippen molar-refractivity contribution in [3.63, 3.8) is 0 Å². The summed E-state index contributed by atoms with van der Waals surface area (Å²) in [6, 6.07) is 20.5. The number of carbonyl (C=O) groups is 1. The van der Waals surface area contributed by atoms with Gasteiger partial charge in [-0.15, -0.1) is 0 Å². The Morgan fingerprint density at radius 2 is 1.83 bits per heavy atom. The third-order valence-corrected chi connectivity index (χ3v) is 6.25. The first-order valence-corrected chi connectivity index (χ1v) is 11.8. The summed E-state index contributed by atoms with van der Waals surface area (Å²) in [5.41, 5.74) is 3.77. The van der Waals surface area contributed by atoms with Crippen LogP contribution in [0.15, 0.2) is 66.7 Å². The highest BCUT2D eigenvalue weighted by molar-refractivity contribution is 6.30. The highest BCUT2D eigenvalue weighted by atomic mass is 35.5. The number of nitrogens with zero attached hydrogens (tertiary/aromatic N) is 2. The molecular formula is C28H25ClN2O5. The fraction of sp³-hybridized carbons (Fsp3) is 0.214. The van der Waals surface area contributed by atoms with E-state index < -0.39 is 0 Å². The van der Waals surface area contributed by atoms with Gasteiger partial charge < -0.3 is 23.8 Å². The molecule has 0 bridgehead atoms. The highest BCUT2D eigenvalue weighted by Crippen LogP contribution is 2.37. The molecule has 4 aromatic rings. The predicted octanol–water partition coefficient (Wildman–Crippen LogP) is 5.58. The number of amides is 1. The Hall–Kier alpha value is -3.81. The lowest BCUT2D eigenvalue weighted by molar-refractivity contribution is 0.0680. The first kappa shape index (κ1) is 23.9. The molecule has 0 atom stereocenters. The van der Waals surface area contributed by atoms with E-state index in [1.807, 2.05) is 48.5 Å². The SMILES string of the molecule is COCCN(Cc1cc2cc3c(cc2nc1-c1cccc(Cl)c1)OCO3)C(=O)c1cccc(OC)c1. The molecule has 0 spiro atoms. The summed E-state index contributed by atoms with van der Waals surface area (Å²) in [4.78, 5) is 20.3. The van der Waals surface area contributed by atoms with Gasteiger partial charge >= 0.3 is 0 Å². The molecule has 1 aromatic heterocycles. The zero-order chi connectivity index (χ0) is 25.1. The number of hydrogen-bond donors (Lipinski definition) is 0. The Kier molecular flexibility index (Phi) is 6.93. The fourth-order valence-corrected chi connectivity index (χ4v) is 4.40. The molecular weight excluding hydrogens is 480 g/mol. The lowest BCUT2D eigenvalue weighted by Crippen LogP contribution is -2.33. The number of hydrogen-bond acceptors (Lipinski definition) is 6. The Balaban J connectivity index is 1.60. The van der Waals surface area contributed by atoms with Gasteiger partial charge in [0, 0.05) is 47.8 Å². The molecule has 7 nitrogen and oxygen atoms in total. The van der Waals surface area contributed by atoms with Crippen molar-refractivity contribution in [3.8, 4) is 28.5 Å². The van der Waals surface area contributed by atoms with E-state index in [0.29, 0.717) is 47.5 Å². The number of ether oxygens (including phenoxy) is 4. The van der Waals surface area contributed by atoms with E-state index in [1.165, 1.54) is 0 Å². The Morgan fingerprint density at radius 1 is 1.03 bits per heavy atom. The van der Waals surface area contributed by atoms with Gasteiger partial charge in [0.15, 0.2) is 11.5 Å². The molecule has 0 radical (unpaired) electrons. The lowest BCUT2D eigenvalue weighted by Gasteiger charge is -2.24. The van der Waals surface area contributed by atoms with Crippen LogP contribution < -0.4 is 14.2 Å². The topological polar surface area (TPSA) is 70.1 Å². The highest BCUT2D eigenvalue weighted by Gasteiger charge is 2.21. The maximum absolute atomic E-state index is 13.6. The number of rotatable bonds is 8. The van der Waals surface area contributed by atoms with Crippen molar-refractivity contribution in [1.29, 1.82) is 0 Å². The van der Waals surface area contributed by atoms with Crippen LogP contribution in [0.3, 0.4) is 0 Å². The van der Waals surface area contributed by atoms with Crippen LogP contribution in [0, 0.1) is 0 Å². The van der Waals surface area contributed by atoms with Crippen molar-refractivity contribution in [2.75, 3.05) is 34.2 Å². The van der Waals surface area contributed by atoms with Gasteiger partial charge in [-0.25, -0.2) is 4.98 Å². The summed E-state index contributed by atoms with van der Waals surface area (Å²) < 4.78 is 21.7. The quantitative estimate of drug-likeness (QED) is 0.312. The summed E-state index contributed by atoms with van der Waals surface area (Å²) in [5, 5.41) is 1.50. The number of benzene rings is 3. The minimum atomic E-state index is -0.131. The second-order valence-corrected chi connectivity index (χ2v) is 8.79. The summed E-state index contributed by atoms with van der Waals surface area (Å²) in [5.74, 6) is 1.83. The van der Waals surface area contributed by atoms with E-state index in [1.54, 1.807) is 37.3 Å². The predicted molar refractivity (Wildman–Crippen MR) is 138 cm³/mol.